The molecule has 0 radical (unpaired) electrons. The van der Waals surface area contributed by atoms with Gasteiger partial charge in [-0.05, 0) is 25.1 Å². The number of carbonyl (C=O) groups excluding carboxylic acids is 3. The molecule has 0 unspecified atom stereocenters. The quantitative estimate of drug-likeness (QED) is 0.526. The molecule has 1 aliphatic heterocycles. The number of anilines is 1. The van der Waals surface area contributed by atoms with Gasteiger partial charge in [0.15, 0.2) is 5.92 Å². The molecule has 6 heteroatoms. The Morgan fingerprint density at radius 3 is 2.44 bits per heavy atom. The Bertz CT molecular complexity index is 802. The predicted molar refractivity (Wildman–Crippen MR) is 90.0 cm³/mol. The van der Waals surface area contributed by atoms with Crippen LogP contribution in [0.1, 0.15) is 18.4 Å². The fourth-order valence-electron chi connectivity index (χ4n) is 2.82. The first-order valence-electron chi connectivity index (χ1n) is 7.95. The van der Waals surface area contributed by atoms with Crippen molar-refractivity contribution in [1.29, 1.82) is 0 Å². The Labute approximate surface area is 144 Å². The van der Waals surface area contributed by atoms with Gasteiger partial charge in [0, 0.05) is 11.3 Å². The smallest absolute Gasteiger partial charge is 0.326 e. The van der Waals surface area contributed by atoms with Crippen molar-refractivity contribution in [3.8, 4) is 5.75 Å². The molecule has 0 aliphatic carbocycles. The Kier molecular flexibility index (Phi) is 4.79. The number of hydrogen-bond donors (Lipinski definition) is 1. The molecule has 2 aromatic rings. The van der Waals surface area contributed by atoms with Gasteiger partial charge in [-0.15, -0.1) is 0 Å². The first-order chi connectivity index (χ1) is 12.1. The lowest BCUT2D eigenvalue weighted by atomic mass is 9.82. The van der Waals surface area contributed by atoms with Gasteiger partial charge in [-0.1, -0.05) is 36.4 Å². The highest BCUT2D eigenvalue weighted by molar-refractivity contribution is 6.08. The van der Waals surface area contributed by atoms with E-state index in [1.807, 2.05) is 6.07 Å². The highest BCUT2D eigenvalue weighted by atomic mass is 16.6. The number of ether oxygens (including phenoxy) is 2. The molecule has 6 nitrogen and oxygen atoms in total. The number of esters is 2. The summed E-state index contributed by atoms with van der Waals surface area (Å²) < 4.78 is 10.2. The fraction of sp³-hybridized carbons (Fsp3) is 0.211. The number of rotatable bonds is 4. The second-order valence-corrected chi connectivity index (χ2v) is 5.52. The maximum atomic E-state index is 12.9. The van der Waals surface area contributed by atoms with Crippen molar-refractivity contribution < 1.29 is 23.9 Å². The van der Waals surface area contributed by atoms with Gasteiger partial charge < -0.3 is 14.8 Å². The topological polar surface area (TPSA) is 81.7 Å². The average molecular weight is 339 g/mol. The molecule has 1 N–H and O–H groups in total. The third-order valence-corrected chi connectivity index (χ3v) is 3.92. The van der Waals surface area contributed by atoms with Crippen LogP contribution >= 0.6 is 0 Å². The van der Waals surface area contributed by atoms with Crippen molar-refractivity contribution in [3.05, 3.63) is 60.2 Å². The minimum Gasteiger partial charge on any atom is -0.465 e. The number of benzene rings is 2. The molecule has 0 fully saturated rings. The monoisotopic (exact) mass is 339 g/mol. The van der Waals surface area contributed by atoms with E-state index in [0.29, 0.717) is 11.3 Å². The van der Waals surface area contributed by atoms with E-state index in [2.05, 4.69) is 5.32 Å². The van der Waals surface area contributed by atoms with Gasteiger partial charge in [0.05, 0.1) is 12.5 Å². The van der Waals surface area contributed by atoms with Gasteiger partial charge in [0.25, 0.3) is 0 Å². The summed E-state index contributed by atoms with van der Waals surface area (Å²) in [6.45, 7) is 1.75. The van der Waals surface area contributed by atoms with E-state index in [9.17, 15) is 14.4 Å². The van der Waals surface area contributed by atoms with E-state index in [1.54, 1.807) is 55.5 Å². The van der Waals surface area contributed by atoms with E-state index >= 15 is 0 Å². The summed E-state index contributed by atoms with van der Waals surface area (Å²) in [7, 11) is 0. The molecule has 25 heavy (non-hydrogen) atoms. The average Bonchev–Trinajstić information content (AvgIpc) is 2.61. The number of amides is 1. The van der Waals surface area contributed by atoms with Crippen molar-refractivity contribution in [3.63, 3.8) is 0 Å². The van der Waals surface area contributed by atoms with Gasteiger partial charge >= 0.3 is 11.9 Å². The maximum Gasteiger partial charge on any atom is 0.326 e. The van der Waals surface area contributed by atoms with E-state index in [-0.39, 0.29) is 12.4 Å². The zero-order valence-electron chi connectivity index (χ0n) is 13.6. The van der Waals surface area contributed by atoms with E-state index in [4.69, 9.17) is 9.47 Å². The van der Waals surface area contributed by atoms with Crippen LogP contribution in [-0.4, -0.2) is 24.5 Å². The SMILES string of the molecule is CCOC(=O)[C@@H]1C(=O)Oc2ccccc2[C@@H]1C(=O)Nc1ccccc1. The normalized spacial score (nSPS) is 18.7. The lowest BCUT2D eigenvalue weighted by Crippen LogP contribution is -2.43. The summed E-state index contributed by atoms with van der Waals surface area (Å²) in [4.78, 5) is 37.5. The molecule has 0 bridgehead atoms. The molecule has 1 aliphatic rings. The van der Waals surface area contributed by atoms with Crippen LogP contribution in [0, 0.1) is 5.92 Å². The predicted octanol–water partition coefficient (Wildman–Crippen LogP) is 2.51. The Morgan fingerprint density at radius 2 is 1.72 bits per heavy atom. The molecular weight excluding hydrogens is 322 g/mol. The van der Waals surface area contributed by atoms with Crippen LogP contribution in [0.3, 0.4) is 0 Å². The third-order valence-electron chi connectivity index (χ3n) is 3.92. The van der Waals surface area contributed by atoms with E-state index in [0.717, 1.165) is 0 Å². The zero-order valence-corrected chi connectivity index (χ0v) is 13.6. The Balaban J connectivity index is 1.99. The van der Waals surface area contributed by atoms with Crippen LogP contribution in [0.25, 0.3) is 0 Å². The second kappa shape index (κ2) is 7.17. The maximum absolute atomic E-state index is 12.9. The number of hydrogen-bond acceptors (Lipinski definition) is 5. The third kappa shape index (κ3) is 3.38. The fourth-order valence-corrected chi connectivity index (χ4v) is 2.82. The molecule has 0 aromatic heterocycles. The Hall–Kier alpha value is -3.15. The van der Waals surface area contributed by atoms with Crippen molar-refractivity contribution >= 4 is 23.5 Å². The molecule has 128 valence electrons. The summed E-state index contributed by atoms with van der Waals surface area (Å²) in [5, 5.41) is 2.75. The van der Waals surface area contributed by atoms with Crippen LogP contribution in [-0.2, 0) is 19.1 Å². The van der Waals surface area contributed by atoms with Gasteiger partial charge in [-0.25, -0.2) is 0 Å². The molecule has 2 aromatic carbocycles. The van der Waals surface area contributed by atoms with Crippen LogP contribution in [0.4, 0.5) is 5.69 Å². The summed E-state index contributed by atoms with van der Waals surface area (Å²) in [6.07, 6.45) is 0. The summed E-state index contributed by atoms with van der Waals surface area (Å²) in [6, 6.07) is 15.5. The van der Waals surface area contributed by atoms with Gasteiger partial charge in [0.2, 0.25) is 5.91 Å². The lowest BCUT2D eigenvalue weighted by molar-refractivity contribution is -0.161. The van der Waals surface area contributed by atoms with Crippen LogP contribution in [0.2, 0.25) is 0 Å². The molecule has 3 rings (SSSR count). The highest BCUT2D eigenvalue weighted by Crippen LogP contribution is 2.39. The number of para-hydroxylation sites is 2. The molecular formula is C19H17NO5. The van der Waals surface area contributed by atoms with Crippen molar-refractivity contribution in [2.24, 2.45) is 5.92 Å². The summed E-state index contributed by atoms with van der Waals surface area (Å²) in [5.74, 6) is -4.09. The molecule has 1 heterocycles. The van der Waals surface area contributed by atoms with Crippen LogP contribution in [0.15, 0.2) is 54.6 Å². The largest absolute Gasteiger partial charge is 0.465 e. The minimum absolute atomic E-state index is 0.108. The van der Waals surface area contributed by atoms with Crippen LogP contribution in [0.5, 0.6) is 5.75 Å². The van der Waals surface area contributed by atoms with Crippen molar-refractivity contribution in [2.45, 2.75) is 12.8 Å². The minimum atomic E-state index is -1.33. The first kappa shape index (κ1) is 16.7. The van der Waals surface area contributed by atoms with Gasteiger partial charge in [-0.2, -0.15) is 0 Å². The summed E-state index contributed by atoms with van der Waals surface area (Å²) >= 11 is 0. The number of carbonyl (C=O) groups is 3. The lowest BCUT2D eigenvalue weighted by Gasteiger charge is -2.29. The number of nitrogens with one attached hydrogen (secondary N) is 1. The standard InChI is InChI=1S/C19H17NO5/c1-2-24-18(22)16-15(17(21)20-12-8-4-3-5-9-12)13-10-6-7-11-14(13)25-19(16)23/h3-11,15-16H,2H2,1H3,(H,20,21)/t15-,16+/m0/s1. The molecule has 0 saturated heterocycles. The van der Waals surface area contributed by atoms with Gasteiger partial charge in [0.1, 0.15) is 5.75 Å². The Morgan fingerprint density at radius 1 is 1.04 bits per heavy atom. The van der Waals surface area contributed by atoms with E-state index < -0.39 is 29.7 Å². The van der Waals surface area contributed by atoms with Crippen molar-refractivity contribution in [1.82, 2.24) is 0 Å². The molecule has 0 saturated carbocycles. The highest BCUT2D eigenvalue weighted by Gasteiger charge is 2.47. The second-order valence-electron chi connectivity index (χ2n) is 5.52. The van der Waals surface area contributed by atoms with E-state index in [1.165, 1.54) is 0 Å². The zero-order chi connectivity index (χ0) is 17.8. The molecule has 0 spiro atoms. The first-order valence-corrected chi connectivity index (χ1v) is 7.95. The van der Waals surface area contributed by atoms with Crippen molar-refractivity contribution in [2.75, 3.05) is 11.9 Å². The molecule has 1 amide bonds. The van der Waals surface area contributed by atoms with Crippen LogP contribution < -0.4 is 10.1 Å². The molecule has 2 atom stereocenters. The summed E-state index contributed by atoms with van der Waals surface area (Å²) in [5.41, 5.74) is 1.06. The van der Waals surface area contributed by atoms with Gasteiger partial charge in [-0.3, -0.25) is 14.4 Å². The number of fused-ring (bicyclic) bond motifs is 1.